The zero-order valence-electron chi connectivity index (χ0n) is 17.6. The molecular formula is C23H35NO5. The molecule has 1 unspecified atom stereocenters. The van der Waals surface area contributed by atoms with Crippen molar-refractivity contribution in [2.45, 2.75) is 64.5 Å². The molecule has 1 N–H and O–H groups in total. The molecule has 0 aliphatic heterocycles. The van der Waals surface area contributed by atoms with Crippen LogP contribution in [0.3, 0.4) is 0 Å². The largest absolute Gasteiger partial charge is 0.464 e. The van der Waals surface area contributed by atoms with Crippen LogP contribution >= 0.6 is 0 Å². The van der Waals surface area contributed by atoms with Gasteiger partial charge in [0, 0.05) is 0 Å². The minimum atomic E-state index is -0.787. The first kappa shape index (κ1) is 24.7. The number of carbonyl (C=O) groups is 2. The topological polar surface area (TPSA) is 73.9 Å². The fraction of sp³-hybridized carbons (Fsp3) is 0.565. The Morgan fingerprint density at radius 2 is 1.72 bits per heavy atom. The predicted octanol–water partition coefficient (Wildman–Crippen LogP) is 4.78. The van der Waals surface area contributed by atoms with Crippen LogP contribution in [0.2, 0.25) is 0 Å². The van der Waals surface area contributed by atoms with Gasteiger partial charge < -0.3 is 19.5 Å². The summed E-state index contributed by atoms with van der Waals surface area (Å²) in [7, 11) is 0. The van der Waals surface area contributed by atoms with Gasteiger partial charge in [-0.25, -0.2) is 9.59 Å². The van der Waals surface area contributed by atoms with E-state index in [0.29, 0.717) is 13.2 Å². The summed E-state index contributed by atoms with van der Waals surface area (Å²) in [5, 5.41) is 2.53. The molecule has 0 spiro atoms. The number of carbonyl (C=O) groups excluding carboxylic acids is 2. The Kier molecular flexibility index (Phi) is 14.1. The molecule has 6 heteroatoms. The first-order valence-corrected chi connectivity index (χ1v) is 10.5. The highest BCUT2D eigenvalue weighted by molar-refractivity contribution is 5.81. The van der Waals surface area contributed by atoms with E-state index in [1.807, 2.05) is 30.3 Å². The lowest BCUT2D eigenvalue weighted by atomic mass is 10.1. The maximum atomic E-state index is 12.2. The molecule has 162 valence electrons. The fourth-order valence-corrected chi connectivity index (χ4v) is 2.68. The highest BCUT2D eigenvalue weighted by atomic mass is 16.6. The lowest BCUT2D eigenvalue weighted by Gasteiger charge is -2.16. The Balaban J connectivity index is 2.17. The SMILES string of the molecule is C=CCC(NC(=O)OCCOCc1ccccc1)C(=O)OCCCCCCCC. The zero-order valence-corrected chi connectivity index (χ0v) is 17.6. The number of rotatable bonds is 16. The summed E-state index contributed by atoms with van der Waals surface area (Å²) >= 11 is 0. The first-order valence-electron chi connectivity index (χ1n) is 10.5. The smallest absolute Gasteiger partial charge is 0.407 e. The van der Waals surface area contributed by atoms with Crippen LogP contribution in [0, 0.1) is 0 Å². The molecule has 29 heavy (non-hydrogen) atoms. The predicted molar refractivity (Wildman–Crippen MR) is 114 cm³/mol. The van der Waals surface area contributed by atoms with Crippen LogP contribution < -0.4 is 5.32 Å². The second kappa shape index (κ2) is 16.6. The number of benzene rings is 1. The minimum absolute atomic E-state index is 0.103. The molecule has 0 bridgehead atoms. The summed E-state index contributed by atoms with van der Waals surface area (Å²) in [6.07, 6.45) is 7.87. The molecule has 1 rings (SSSR count). The van der Waals surface area contributed by atoms with Gasteiger partial charge in [-0.2, -0.15) is 0 Å². The average Bonchev–Trinajstić information content (AvgIpc) is 2.73. The molecule has 0 fully saturated rings. The number of nitrogens with one attached hydrogen (secondary N) is 1. The minimum Gasteiger partial charge on any atom is -0.464 e. The summed E-state index contributed by atoms with van der Waals surface area (Å²) in [5.74, 6) is -0.462. The molecule has 0 radical (unpaired) electrons. The number of hydrogen-bond donors (Lipinski definition) is 1. The van der Waals surface area contributed by atoms with Crippen molar-refractivity contribution in [3.05, 3.63) is 48.6 Å². The molecular weight excluding hydrogens is 370 g/mol. The number of amides is 1. The van der Waals surface area contributed by atoms with Gasteiger partial charge in [-0.3, -0.25) is 0 Å². The van der Waals surface area contributed by atoms with Gasteiger partial charge in [0.2, 0.25) is 0 Å². The molecule has 0 aromatic heterocycles. The Morgan fingerprint density at radius 3 is 2.45 bits per heavy atom. The van der Waals surface area contributed by atoms with E-state index in [4.69, 9.17) is 14.2 Å². The molecule has 0 aliphatic rings. The van der Waals surface area contributed by atoms with E-state index in [9.17, 15) is 9.59 Å². The van der Waals surface area contributed by atoms with Crippen LogP contribution in [0.5, 0.6) is 0 Å². The van der Waals surface area contributed by atoms with Crippen LogP contribution in [0.4, 0.5) is 4.79 Å². The standard InChI is InChI=1S/C23H35NO5/c1-3-5-6-7-8-12-16-28-22(25)21(13-4-2)24-23(26)29-18-17-27-19-20-14-10-9-11-15-20/h4,9-11,14-15,21H,2-3,5-8,12-13,16-19H2,1H3,(H,24,26). The van der Waals surface area contributed by atoms with Gasteiger partial charge in [-0.1, -0.05) is 75.4 Å². The number of hydrogen-bond acceptors (Lipinski definition) is 5. The quantitative estimate of drug-likeness (QED) is 0.243. The van der Waals surface area contributed by atoms with E-state index in [1.54, 1.807) is 6.08 Å². The van der Waals surface area contributed by atoms with Crippen LogP contribution in [-0.2, 0) is 25.6 Å². The van der Waals surface area contributed by atoms with Crippen LogP contribution in [-0.4, -0.2) is 37.9 Å². The molecule has 1 atom stereocenters. The lowest BCUT2D eigenvalue weighted by Crippen LogP contribution is -2.42. The van der Waals surface area contributed by atoms with Crippen molar-refractivity contribution in [2.24, 2.45) is 0 Å². The van der Waals surface area contributed by atoms with Crippen LogP contribution in [0.15, 0.2) is 43.0 Å². The van der Waals surface area contributed by atoms with E-state index < -0.39 is 18.1 Å². The highest BCUT2D eigenvalue weighted by Gasteiger charge is 2.21. The third-order valence-corrected chi connectivity index (χ3v) is 4.29. The van der Waals surface area contributed by atoms with E-state index in [0.717, 1.165) is 24.8 Å². The third kappa shape index (κ3) is 12.7. The summed E-state index contributed by atoms with van der Waals surface area (Å²) in [6, 6.07) is 8.95. The highest BCUT2D eigenvalue weighted by Crippen LogP contribution is 2.06. The van der Waals surface area contributed by atoms with Gasteiger partial charge >= 0.3 is 12.1 Å². The molecule has 1 aromatic rings. The van der Waals surface area contributed by atoms with Crippen LogP contribution in [0.1, 0.15) is 57.4 Å². The molecule has 0 saturated heterocycles. The van der Waals surface area contributed by atoms with Gasteiger partial charge in [0.05, 0.1) is 19.8 Å². The van der Waals surface area contributed by atoms with Crippen molar-refractivity contribution in [3.63, 3.8) is 0 Å². The normalized spacial score (nSPS) is 11.5. The lowest BCUT2D eigenvalue weighted by molar-refractivity contribution is -0.146. The monoisotopic (exact) mass is 405 g/mol. The molecule has 0 aliphatic carbocycles. The summed E-state index contributed by atoms with van der Waals surface area (Å²) in [6.45, 7) is 7.00. The maximum absolute atomic E-state index is 12.2. The molecule has 1 amide bonds. The number of ether oxygens (including phenoxy) is 3. The summed E-state index contributed by atoms with van der Waals surface area (Å²) < 4.78 is 15.8. The van der Waals surface area contributed by atoms with Crippen molar-refractivity contribution in [2.75, 3.05) is 19.8 Å². The number of alkyl carbamates (subject to hydrolysis) is 1. The van der Waals surface area contributed by atoms with Crippen molar-refractivity contribution in [1.82, 2.24) is 5.32 Å². The molecule has 6 nitrogen and oxygen atoms in total. The maximum Gasteiger partial charge on any atom is 0.407 e. The first-order chi connectivity index (χ1) is 14.2. The Bertz CT molecular complexity index is 576. The van der Waals surface area contributed by atoms with Crippen molar-refractivity contribution in [3.8, 4) is 0 Å². The van der Waals surface area contributed by atoms with E-state index >= 15 is 0 Å². The summed E-state index contributed by atoms with van der Waals surface area (Å²) in [5.41, 5.74) is 1.05. The molecule has 0 saturated carbocycles. The summed E-state index contributed by atoms with van der Waals surface area (Å²) in [4.78, 5) is 24.1. The number of esters is 1. The third-order valence-electron chi connectivity index (χ3n) is 4.29. The molecule has 0 heterocycles. The average molecular weight is 406 g/mol. The second-order valence-electron chi connectivity index (χ2n) is 6.83. The molecule has 1 aromatic carbocycles. The Labute approximate surface area is 174 Å². The van der Waals surface area contributed by atoms with Gasteiger partial charge in [0.15, 0.2) is 0 Å². The Morgan fingerprint density at radius 1 is 1.00 bits per heavy atom. The zero-order chi connectivity index (χ0) is 21.2. The van der Waals surface area contributed by atoms with E-state index in [1.165, 1.54) is 19.3 Å². The fourth-order valence-electron chi connectivity index (χ4n) is 2.68. The van der Waals surface area contributed by atoms with Crippen molar-refractivity contribution < 1.29 is 23.8 Å². The van der Waals surface area contributed by atoms with Gasteiger partial charge in [-0.05, 0) is 18.4 Å². The van der Waals surface area contributed by atoms with Crippen molar-refractivity contribution in [1.29, 1.82) is 0 Å². The van der Waals surface area contributed by atoms with Gasteiger partial charge in [0.1, 0.15) is 12.6 Å². The van der Waals surface area contributed by atoms with E-state index in [2.05, 4.69) is 18.8 Å². The van der Waals surface area contributed by atoms with E-state index in [-0.39, 0.29) is 19.6 Å². The Hall–Kier alpha value is -2.34. The van der Waals surface area contributed by atoms with Gasteiger partial charge in [0.25, 0.3) is 0 Å². The van der Waals surface area contributed by atoms with Gasteiger partial charge in [-0.15, -0.1) is 6.58 Å². The number of unbranched alkanes of at least 4 members (excludes halogenated alkanes) is 5. The van der Waals surface area contributed by atoms with Crippen LogP contribution in [0.25, 0.3) is 0 Å². The van der Waals surface area contributed by atoms with Crippen molar-refractivity contribution >= 4 is 12.1 Å². The second-order valence-corrected chi connectivity index (χ2v) is 6.83.